The first-order chi connectivity index (χ1) is 18.1. The lowest BCUT2D eigenvalue weighted by Crippen LogP contribution is -2.29. The lowest BCUT2D eigenvalue weighted by atomic mass is 9.94. The zero-order valence-electron chi connectivity index (χ0n) is 21.4. The monoisotopic (exact) mass is 538 g/mol. The second-order valence-electron chi connectivity index (χ2n) is 8.42. The predicted molar refractivity (Wildman–Crippen MR) is 140 cm³/mol. The van der Waals surface area contributed by atoms with Crippen LogP contribution in [0.15, 0.2) is 42.0 Å². The fraction of sp³-hybridized carbons (Fsp3) is 0.259. The Labute approximate surface area is 222 Å². The molecule has 0 unspecified atom stereocenters. The number of methoxy groups -OCH3 is 2. The number of esters is 1. The molecule has 1 atom stereocenters. The largest absolute Gasteiger partial charge is 0.507 e. The standard InChI is InChI=1S/C27H26N2O8S/c1-6-37-19-12-15(7-9-17(19)30)21-20(22(31)16-8-10-18(35-4)13(2)11-16)23(32)25(33)29(21)27-28-14(3)24(38-27)26(34)36-5/h7-12,21,30-31H,6H2,1-5H3/b22-20+/t21-/m1/s1. The van der Waals surface area contributed by atoms with E-state index in [0.29, 0.717) is 28.1 Å². The molecule has 1 amide bonds. The van der Waals surface area contributed by atoms with Crippen LogP contribution >= 0.6 is 11.3 Å². The van der Waals surface area contributed by atoms with Crippen molar-refractivity contribution in [1.82, 2.24) is 4.98 Å². The zero-order chi connectivity index (χ0) is 27.7. The number of nitrogens with zero attached hydrogens (tertiary/aromatic N) is 2. The van der Waals surface area contributed by atoms with Gasteiger partial charge in [0.2, 0.25) is 0 Å². The van der Waals surface area contributed by atoms with E-state index in [9.17, 15) is 24.6 Å². The van der Waals surface area contributed by atoms with E-state index in [1.54, 1.807) is 39.0 Å². The van der Waals surface area contributed by atoms with Crippen LogP contribution in [0.5, 0.6) is 17.2 Å². The second-order valence-corrected chi connectivity index (χ2v) is 9.39. The number of hydrogen-bond acceptors (Lipinski definition) is 10. The number of ketones is 1. The van der Waals surface area contributed by atoms with Gasteiger partial charge in [-0.2, -0.15) is 0 Å². The summed E-state index contributed by atoms with van der Waals surface area (Å²) in [5.41, 5.74) is 1.54. The number of aromatic hydroxyl groups is 1. The molecule has 0 spiro atoms. The van der Waals surface area contributed by atoms with Crippen molar-refractivity contribution in [1.29, 1.82) is 0 Å². The highest BCUT2D eigenvalue weighted by Crippen LogP contribution is 2.45. The first kappa shape index (κ1) is 26.7. The van der Waals surface area contributed by atoms with Crippen LogP contribution in [0.25, 0.3) is 5.76 Å². The number of aliphatic hydroxyl groups is 1. The molecule has 1 aliphatic heterocycles. The highest BCUT2D eigenvalue weighted by atomic mass is 32.1. The molecule has 2 heterocycles. The molecular weight excluding hydrogens is 512 g/mol. The van der Waals surface area contributed by atoms with Crippen molar-refractivity contribution >= 4 is 39.9 Å². The van der Waals surface area contributed by atoms with Crippen LogP contribution in [0, 0.1) is 13.8 Å². The van der Waals surface area contributed by atoms with Crippen LogP contribution in [0.3, 0.4) is 0 Å². The molecule has 0 aliphatic carbocycles. The van der Waals surface area contributed by atoms with E-state index in [0.717, 1.165) is 16.2 Å². The summed E-state index contributed by atoms with van der Waals surface area (Å²) in [5.74, 6) is -2.28. The van der Waals surface area contributed by atoms with Gasteiger partial charge in [0.25, 0.3) is 5.78 Å². The Balaban J connectivity index is 1.96. The van der Waals surface area contributed by atoms with Gasteiger partial charge >= 0.3 is 11.9 Å². The van der Waals surface area contributed by atoms with Gasteiger partial charge in [-0.25, -0.2) is 9.78 Å². The van der Waals surface area contributed by atoms with E-state index in [2.05, 4.69) is 4.98 Å². The van der Waals surface area contributed by atoms with Gasteiger partial charge in [-0.15, -0.1) is 0 Å². The number of aromatic nitrogens is 1. The number of amides is 1. The van der Waals surface area contributed by atoms with E-state index in [1.807, 2.05) is 0 Å². The van der Waals surface area contributed by atoms with Crippen LogP contribution in [0.1, 0.15) is 45.0 Å². The van der Waals surface area contributed by atoms with Gasteiger partial charge in [0, 0.05) is 5.56 Å². The van der Waals surface area contributed by atoms with Crippen molar-refractivity contribution in [2.24, 2.45) is 0 Å². The summed E-state index contributed by atoms with van der Waals surface area (Å²) in [4.78, 5) is 44.8. The molecule has 2 N–H and O–H groups in total. The third-order valence-corrected chi connectivity index (χ3v) is 7.21. The first-order valence-corrected chi connectivity index (χ1v) is 12.4. The summed E-state index contributed by atoms with van der Waals surface area (Å²) < 4.78 is 15.6. The molecule has 0 radical (unpaired) electrons. The number of aryl methyl sites for hydroxylation is 2. The summed E-state index contributed by atoms with van der Waals surface area (Å²) in [6.45, 7) is 5.38. The maximum absolute atomic E-state index is 13.4. The summed E-state index contributed by atoms with van der Waals surface area (Å²) >= 11 is 0.894. The van der Waals surface area contributed by atoms with Gasteiger partial charge in [-0.3, -0.25) is 14.5 Å². The van der Waals surface area contributed by atoms with Gasteiger partial charge in [0.15, 0.2) is 16.6 Å². The summed E-state index contributed by atoms with van der Waals surface area (Å²) in [6, 6.07) is 8.14. The molecule has 1 aromatic heterocycles. The molecule has 1 saturated heterocycles. The van der Waals surface area contributed by atoms with Crippen LogP contribution < -0.4 is 14.4 Å². The number of benzene rings is 2. The minimum absolute atomic E-state index is 0.0750. The van der Waals surface area contributed by atoms with Crippen LogP contribution in [-0.4, -0.2) is 53.7 Å². The summed E-state index contributed by atoms with van der Waals surface area (Å²) in [6.07, 6.45) is 0. The third-order valence-electron chi connectivity index (χ3n) is 6.07. The number of rotatable bonds is 7. The Hall–Kier alpha value is -4.38. The van der Waals surface area contributed by atoms with Crippen molar-refractivity contribution in [2.75, 3.05) is 25.7 Å². The van der Waals surface area contributed by atoms with Gasteiger partial charge in [-0.1, -0.05) is 17.4 Å². The van der Waals surface area contributed by atoms with Crippen molar-refractivity contribution < 1.29 is 38.8 Å². The molecule has 0 saturated carbocycles. The average Bonchev–Trinajstić information content (AvgIpc) is 3.41. The Bertz CT molecular complexity index is 1480. The molecule has 3 aromatic rings. The highest BCUT2D eigenvalue weighted by Gasteiger charge is 2.48. The fourth-order valence-corrected chi connectivity index (χ4v) is 5.28. The zero-order valence-corrected chi connectivity index (χ0v) is 22.2. The predicted octanol–water partition coefficient (Wildman–Crippen LogP) is 4.29. The third kappa shape index (κ3) is 4.56. The number of carbonyl (C=O) groups is 3. The number of thiazole rings is 1. The number of carbonyl (C=O) groups excluding carboxylic acids is 3. The van der Waals surface area contributed by atoms with Gasteiger partial charge < -0.3 is 24.4 Å². The van der Waals surface area contributed by atoms with E-state index >= 15 is 0 Å². The quantitative estimate of drug-likeness (QED) is 0.195. The van der Waals surface area contributed by atoms with Crippen molar-refractivity contribution in [3.63, 3.8) is 0 Å². The Morgan fingerprint density at radius 2 is 1.84 bits per heavy atom. The number of anilines is 1. The van der Waals surface area contributed by atoms with E-state index in [-0.39, 0.29) is 33.7 Å². The highest BCUT2D eigenvalue weighted by molar-refractivity contribution is 7.17. The molecule has 2 aromatic carbocycles. The molecule has 1 aliphatic rings. The average molecular weight is 539 g/mol. The minimum Gasteiger partial charge on any atom is -0.507 e. The molecule has 1 fully saturated rings. The lowest BCUT2D eigenvalue weighted by Gasteiger charge is -2.23. The maximum atomic E-state index is 13.4. The van der Waals surface area contributed by atoms with Crippen molar-refractivity contribution in [3.05, 3.63) is 69.2 Å². The molecule has 38 heavy (non-hydrogen) atoms. The SMILES string of the molecule is CCOc1cc([C@@H]2/C(=C(\O)c3ccc(OC)c(C)c3)C(=O)C(=O)N2c2nc(C)c(C(=O)OC)s2)ccc1O. The molecule has 11 heteroatoms. The number of aliphatic hydroxyl groups excluding tert-OH is 1. The Kier molecular flexibility index (Phi) is 7.40. The van der Waals surface area contributed by atoms with Gasteiger partial charge in [-0.05, 0) is 62.2 Å². The smallest absolute Gasteiger partial charge is 0.350 e. The Morgan fingerprint density at radius 1 is 1.11 bits per heavy atom. The minimum atomic E-state index is -1.13. The van der Waals surface area contributed by atoms with Crippen LogP contribution in [-0.2, 0) is 14.3 Å². The van der Waals surface area contributed by atoms with Gasteiger partial charge in [0.1, 0.15) is 16.4 Å². The van der Waals surface area contributed by atoms with Crippen molar-refractivity contribution in [3.8, 4) is 17.2 Å². The summed E-state index contributed by atoms with van der Waals surface area (Å²) in [7, 11) is 2.75. The fourth-order valence-electron chi connectivity index (χ4n) is 4.27. The summed E-state index contributed by atoms with van der Waals surface area (Å²) in [5, 5.41) is 21.7. The van der Waals surface area contributed by atoms with E-state index in [4.69, 9.17) is 14.2 Å². The number of ether oxygens (including phenoxy) is 3. The normalized spacial score (nSPS) is 16.6. The molecule has 10 nitrogen and oxygen atoms in total. The number of Topliss-reactive ketones (excluding diaryl/α,β-unsaturated/α-hetero) is 1. The lowest BCUT2D eigenvalue weighted by molar-refractivity contribution is -0.132. The number of phenols is 1. The first-order valence-electron chi connectivity index (χ1n) is 11.6. The van der Waals surface area contributed by atoms with Crippen LogP contribution in [0.2, 0.25) is 0 Å². The molecule has 4 rings (SSSR count). The molecule has 0 bridgehead atoms. The van der Waals surface area contributed by atoms with E-state index < -0.39 is 29.5 Å². The number of phenolic OH excluding ortho intramolecular Hbond substituents is 1. The van der Waals surface area contributed by atoms with E-state index in [1.165, 1.54) is 32.4 Å². The molecule has 198 valence electrons. The Morgan fingerprint density at radius 3 is 2.47 bits per heavy atom. The maximum Gasteiger partial charge on any atom is 0.350 e. The number of hydrogen-bond donors (Lipinski definition) is 2. The van der Waals surface area contributed by atoms with Crippen molar-refractivity contribution in [2.45, 2.75) is 26.8 Å². The van der Waals surface area contributed by atoms with Crippen LogP contribution in [0.4, 0.5) is 5.13 Å². The second kappa shape index (κ2) is 10.5. The molecular formula is C27H26N2O8S. The van der Waals surface area contributed by atoms with Gasteiger partial charge in [0.05, 0.1) is 38.1 Å². The topological polar surface area (TPSA) is 135 Å².